The Hall–Kier alpha value is -5.52. The second-order valence-electron chi connectivity index (χ2n) is 21.4. The standard InChI is InChI=1S/C53H75N9O8/c1-10-44(63)60-25-27-70-53(32-60)18-22-58(23-19-53)51(67)57(9)46(35(5)6)48(64)55-42-29-37-31-59(24-26-68-37)36-16-17-43-39(28-36)40(47(61(43)11-2)38-14-12-20-54-45(38)34(3)4)30-52(7,8)33-69-50(66)41-15-13-21-62(56-41)49(42)65/h10,12,14,16-17,20,28,34-35,37,41-42,46,56H,1,11,13,15,18-19,21-27,29-33H2,2-9H3,(H,55,64)/t37-,41-,42-,46-/m0/s1. The van der Waals surface area contributed by atoms with Crippen LogP contribution in [0.4, 0.5) is 10.5 Å². The number of hydrazine groups is 1. The normalized spacial score (nSPS) is 23.5. The Morgan fingerprint density at radius 1 is 1.03 bits per heavy atom. The summed E-state index contributed by atoms with van der Waals surface area (Å²) in [5.41, 5.74) is 8.72. The van der Waals surface area contributed by atoms with Crippen LogP contribution >= 0.6 is 0 Å². The Morgan fingerprint density at radius 3 is 2.51 bits per heavy atom. The lowest BCUT2D eigenvalue weighted by Crippen LogP contribution is -2.63. The van der Waals surface area contributed by atoms with Crippen LogP contribution in [-0.2, 0) is 46.4 Å². The smallest absolute Gasteiger partial charge is 0.324 e. The minimum atomic E-state index is -1.05. The molecule has 2 aromatic heterocycles. The van der Waals surface area contributed by atoms with Crippen molar-refractivity contribution in [2.24, 2.45) is 11.3 Å². The molecule has 17 heteroatoms. The Kier molecular flexibility index (Phi) is 15.3. The number of anilines is 1. The Balaban J connectivity index is 1.08. The average molecular weight is 966 g/mol. The fourth-order valence-electron chi connectivity index (χ4n) is 11.4. The highest BCUT2D eigenvalue weighted by atomic mass is 16.5. The van der Waals surface area contributed by atoms with Gasteiger partial charge in [-0.05, 0) is 92.8 Å². The largest absolute Gasteiger partial charge is 0.464 e. The van der Waals surface area contributed by atoms with E-state index >= 15 is 0 Å². The maximum absolute atomic E-state index is 14.8. The summed E-state index contributed by atoms with van der Waals surface area (Å²) < 4.78 is 21.2. The number of benzene rings is 1. The van der Waals surface area contributed by atoms with Crippen LogP contribution < -0.4 is 15.6 Å². The fourth-order valence-corrected chi connectivity index (χ4v) is 11.4. The lowest BCUT2D eigenvalue weighted by Gasteiger charge is -2.47. The van der Waals surface area contributed by atoms with Gasteiger partial charge in [-0.3, -0.25) is 29.2 Å². The number of hydrogen-bond acceptors (Lipinski definition) is 11. The van der Waals surface area contributed by atoms with E-state index in [2.05, 4.69) is 85.7 Å². The lowest BCUT2D eigenvalue weighted by atomic mass is 9.84. The van der Waals surface area contributed by atoms with Crippen molar-refractivity contribution in [3.8, 4) is 11.3 Å². The monoisotopic (exact) mass is 966 g/mol. The van der Waals surface area contributed by atoms with E-state index in [0.717, 1.165) is 40.1 Å². The zero-order valence-electron chi connectivity index (χ0n) is 42.6. The van der Waals surface area contributed by atoms with Crippen molar-refractivity contribution in [3.63, 3.8) is 0 Å². The van der Waals surface area contributed by atoms with Gasteiger partial charge in [0, 0.05) is 93.0 Å². The molecule has 6 bridgehead atoms. The minimum absolute atomic E-state index is 0.135. The molecule has 4 saturated heterocycles. The highest BCUT2D eigenvalue weighted by molar-refractivity contribution is 5.95. The Morgan fingerprint density at radius 2 is 1.80 bits per heavy atom. The van der Waals surface area contributed by atoms with Crippen molar-refractivity contribution < 1.29 is 38.2 Å². The average Bonchev–Trinajstić information content (AvgIpc) is 3.65. The number of rotatable bonds is 8. The molecule has 2 N–H and O–H groups in total. The number of likely N-dealkylation sites (tertiary alicyclic amines) is 1. The fraction of sp³-hybridized carbons (Fsp3) is 0.623. The molecule has 4 fully saturated rings. The van der Waals surface area contributed by atoms with E-state index in [9.17, 15) is 24.0 Å². The van der Waals surface area contributed by atoms with Gasteiger partial charge in [-0.2, -0.15) is 0 Å². The first-order valence-corrected chi connectivity index (χ1v) is 25.5. The van der Waals surface area contributed by atoms with Crippen molar-refractivity contribution >= 4 is 46.3 Å². The van der Waals surface area contributed by atoms with Crippen LogP contribution in [0.2, 0.25) is 0 Å². The van der Waals surface area contributed by atoms with E-state index < -0.39 is 53.0 Å². The molecule has 380 valence electrons. The second kappa shape index (κ2) is 21.1. The van der Waals surface area contributed by atoms with Crippen LogP contribution in [0.3, 0.4) is 0 Å². The first-order chi connectivity index (χ1) is 33.4. The van der Waals surface area contributed by atoms with Crippen LogP contribution in [0, 0.1) is 11.3 Å². The number of nitrogens with one attached hydrogen (secondary N) is 2. The van der Waals surface area contributed by atoms with Crippen LogP contribution in [-0.4, -0.2) is 161 Å². The van der Waals surface area contributed by atoms with Gasteiger partial charge in [-0.15, -0.1) is 0 Å². The Labute approximate surface area is 413 Å². The topological polar surface area (TPSA) is 171 Å². The molecule has 7 heterocycles. The number of hydrogen-bond donors (Lipinski definition) is 2. The van der Waals surface area contributed by atoms with Crippen molar-refractivity contribution in [2.75, 3.05) is 77.6 Å². The first-order valence-electron chi connectivity index (χ1n) is 25.5. The molecule has 17 nitrogen and oxygen atoms in total. The molecule has 4 atom stereocenters. The number of urea groups is 1. The number of morpholine rings is 2. The summed E-state index contributed by atoms with van der Waals surface area (Å²) >= 11 is 0. The highest BCUT2D eigenvalue weighted by Gasteiger charge is 2.44. The van der Waals surface area contributed by atoms with Gasteiger partial charge in [-0.1, -0.05) is 48.1 Å². The van der Waals surface area contributed by atoms with Crippen LogP contribution in [0.25, 0.3) is 22.2 Å². The molecule has 8 rings (SSSR count). The number of pyridine rings is 1. The molecule has 70 heavy (non-hydrogen) atoms. The molecule has 0 unspecified atom stereocenters. The molecule has 1 aromatic carbocycles. The molecule has 1 spiro atoms. The van der Waals surface area contributed by atoms with Crippen molar-refractivity contribution in [2.45, 2.75) is 129 Å². The number of fused-ring (bicyclic) bond motifs is 6. The lowest BCUT2D eigenvalue weighted by molar-refractivity contribution is -0.156. The number of esters is 1. The van der Waals surface area contributed by atoms with E-state index in [1.165, 1.54) is 21.5 Å². The van der Waals surface area contributed by atoms with Crippen LogP contribution in [0.5, 0.6) is 0 Å². The summed E-state index contributed by atoms with van der Waals surface area (Å²) in [6, 6.07) is 7.77. The van der Waals surface area contributed by atoms with Gasteiger partial charge in [0.2, 0.25) is 11.8 Å². The van der Waals surface area contributed by atoms with Gasteiger partial charge < -0.3 is 43.7 Å². The predicted octanol–water partition coefficient (Wildman–Crippen LogP) is 5.50. The van der Waals surface area contributed by atoms with Crippen molar-refractivity contribution in [1.29, 1.82) is 0 Å². The van der Waals surface area contributed by atoms with Crippen molar-refractivity contribution in [1.82, 2.24) is 40.0 Å². The zero-order chi connectivity index (χ0) is 50.1. The number of cyclic esters (lactones) is 1. The van der Waals surface area contributed by atoms with Gasteiger partial charge >= 0.3 is 12.0 Å². The summed E-state index contributed by atoms with van der Waals surface area (Å²) in [7, 11) is 1.63. The molecule has 5 aliphatic rings. The molecule has 0 aliphatic carbocycles. The number of piperidine rings is 1. The maximum Gasteiger partial charge on any atom is 0.324 e. The molecular formula is C53H75N9O8. The Bertz CT molecular complexity index is 2440. The van der Waals surface area contributed by atoms with E-state index in [-0.39, 0.29) is 36.8 Å². The number of carbonyl (C=O) groups is 5. The molecule has 5 aliphatic heterocycles. The van der Waals surface area contributed by atoms with E-state index in [1.807, 2.05) is 26.1 Å². The van der Waals surface area contributed by atoms with E-state index in [4.69, 9.17) is 19.2 Å². The van der Waals surface area contributed by atoms with E-state index in [0.29, 0.717) is 91.1 Å². The third kappa shape index (κ3) is 10.6. The third-order valence-corrected chi connectivity index (χ3v) is 15.0. The predicted molar refractivity (Wildman–Crippen MR) is 268 cm³/mol. The summed E-state index contributed by atoms with van der Waals surface area (Å²) in [5, 5.41) is 5.67. The maximum atomic E-state index is 14.8. The number of aromatic nitrogens is 2. The molecule has 5 amide bonds. The number of carbonyl (C=O) groups excluding carboxylic acids is 5. The number of nitrogens with zero attached hydrogens (tertiary/aromatic N) is 7. The number of amides is 5. The second-order valence-corrected chi connectivity index (χ2v) is 21.4. The number of aryl methyl sites for hydroxylation is 1. The SMILES string of the molecule is C=CC(=O)N1CCOC2(CCN(C(=O)N(C)[C@H](C(=O)N[C@H]3C[C@H]4CN(CCO4)c4ccc5c(c4)c(c(-c4cccnc4C(C)C)n5CC)CC(C)(C)COC(=O)[C@@H]4CCCN(N4)C3=O)C(C)C)CC2)C1. The molecule has 0 radical (unpaired) electrons. The summed E-state index contributed by atoms with van der Waals surface area (Å²) in [4.78, 5) is 82.3. The van der Waals surface area contributed by atoms with Crippen molar-refractivity contribution in [3.05, 3.63) is 60.4 Å². The van der Waals surface area contributed by atoms with E-state index in [1.54, 1.807) is 16.8 Å². The highest BCUT2D eigenvalue weighted by Crippen LogP contribution is 2.42. The van der Waals surface area contributed by atoms with Gasteiger partial charge in [0.05, 0.1) is 49.5 Å². The summed E-state index contributed by atoms with van der Waals surface area (Å²) in [6.45, 7) is 23.1. The zero-order valence-corrected chi connectivity index (χ0v) is 42.6. The summed E-state index contributed by atoms with van der Waals surface area (Å²) in [6.07, 6.45) is 5.65. The molecular weight excluding hydrogens is 891 g/mol. The molecule has 0 saturated carbocycles. The third-order valence-electron chi connectivity index (χ3n) is 15.0. The minimum Gasteiger partial charge on any atom is -0.464 e. The number of ether oxygens (including phenoxy) is 3. The summed E-state index contributed by atoms with van der Waals surface area (Å²) in [5.74, 6) is -1.54. The van der Waals surface area contributed by atoms with Gasteiger partial charge in [0.25, 0.3) is 5.91 Å². The van der Waals surface area contributed by atoms with Gasteiger partial charge in [0.15, 0.2) is 0 Å². The number of likely N-dealkylation sites (N-methyl/N-ethyl adjacent to an activating group) is 1. The van der Waals surface area contributed by atoms with Crippen LogP contribution in [0.1, 0.15) is 97.7 Å². The van der Waals surface area contributed by atoms with Crippen LogP contribution in [0.15, 0.2) is 49.2 Å². The quantitative estimate of drug-likeness (QED) is 0.216. The molecule has 3 aromatic rings. The first kappa shape index (κ1) is 50.9. The van der Waals surface area contributed by atoms with Gasteiger partial charge in [0.1, 0.15) is 18.1 Å². The van der Waals surface area contributed by atoms with Gasteiger partial charge in [-0.25, -0.2) is 10.2 Å².